The van der Waals surface area contributed by atoms with Crippen molar-refractivity contribution in [1.29, 1.82) is 0 Å². The summed E-state index contributed by atoms with van der Waals surface area (Å²) in [5.74, 6) is 1.19. The normalized spacial score (nSPS) is 21.6. The van der Waals surface area contributed by atoms with Crippen LogP contribution in [0.3, 0.4) is 0 Å². The minimum atomic E-state index is -0.170. The van der Waals surface area contributed by atoms with Crippen molar-refractivity contribution >= 4 is 5.91 Å². The van der Waals surface area contributed by atoms with E-state index in [4.69, 9.17) is 0 Å². The fourth-order valence-electron chi connectivity index (χ4n) is 5.45. The second-order valence-corrected chi connectivity index (χ2v) is 9.39. The molecule has 160 valence electrons. The van der Waals surface area contributed by atoms with Crippen LogP contribution in [0.25, 0.3) is 0 Å². The first-order chi connectivity index (χ1) is 14.6. The molecule has 3 heterocycles. The Morgan fingerprint density at radius 1 is 1.17 bits per heavy atom. The zero-order valence-electron chi connectivity index (χ0n) is 17.4. The highest BCUT2D eigenvalue weighted by molar-refractivity contribution is 5.91. The SMILES string of the molecule is O=C(NC1CCCC1)c1nnc2n1CC1(CC2)CCN(Cc2cccc(F)c2)CC1. The Morgan fingerprint density at radius 3 is 2.73 bits per heavy atom. The summed E-state index contributed by atoms with van der Waals surface area (Å²) in [5, 5.41) is 11.7. The standard InChI is InChI=1S/C23H30FN5O/c24-18-5-3-4-17(14-18)15-28-12-10-23(11-13-28)9-8-20-26-27-21(29(20)16-23)22(30)25-19-6-1-2-7-19/h3-5,14,19H,1-2,6-13,15-16H2,(H,25,30). The molecule has 2 fully saturated rings. The van der Waals surface area contributed by atoms with Gasteiger partial charge in [0.25, 0.3) is 5.91 Å². The molecule has 0 radical (unpaired) electrons. The number of likely N-dealkylation sites (tertiary alicyclic amines) is 1. The summed E-state index contributed by atoms with van der Waals surface area (Å²) in [6, 6.07) is 7.18. The van der Waals surface area contributed by atoms with Gasteiger partial charge in [-0.05, 0) is 68.3 Å². The number of hydrogen-bond donors (Lipinski definition) is 1. The van der Waals surface area contributed by atoms with E-state index in [2.05, 4.69) is 25.0 Å². The lowest BCUT2D eigenvalue weighted by Gasteiger charge is -2.44. The van der Waals surface area contributed by atoms with Crippen molar-refractivity contribution in [3.63, 3.8) is 0 Å². The summed E-state index contributed by atoms with van der Waals surface area (Å²) in [4.78, 5) is 15.2. The van der Waals surface area contributed by atoms with Crippen molar-refractivity contribution in [2.45, 2.75) is 70.5 Å². The lowest BCUT2D eigenvalue weighted by molar-refractivity contribution is 0.0616. The zero-order valence-corrected chi connectivity index (χ0v) is 17.4. The Balaban J connectivity index is 1.23. The average molecular weight is 412 g/mol. The maximum Gasteiger partial charge on any atom is 0.289 e. The molecule has 0 unspecified atom stereocenters. The third-order valence-corrected chi connectivity index (χ3v) is 7.31. The van der Waals surface area contributed by atoms with Crippen molar-refractivity contribution in [2.75, 3.05) is 13.1 Å². The van der Waals surface area contributed by atoms with E-state index >= 15 is 0 Å². The van der Waals surface area contributed by atoms with Crippen LogP contribution >= 0.6 is 0 Å². The Labute approximate surface area is 176 Å². The monoisotopic (exact) mass is 411 g/mol. The first-order valence-corrected chi connectivity index (χ1v) is 11.3. The van der Waals surface area contributed by atoms with Gasteiger partial charge in [-0.15, -0.1) is 10.2 Å². The average Bonchev–Trinajstić information content (AvgIpc) is 3.39. The van der Waals surface area contributed by atoms with E-state index in [9.17, 15) is 9.18 Å². The predicted molar refractivity (Wildman–Crippen MR) is 111 cm³/mol. The first kappa shape index (κ1) is 19.7. The maximum absolute atomic E-state index is 13.5. The van der Waals surface area contributed by atoms with Crippen molar-refractivity contribution in [3.05, 3.63) is 47.3 Å². The molecule has 1 saturated heterocycles. The Bertz CT molecular complexity index is 912. The number of halogens is 1. The molecule has 1 saturated carbocycles. The lowest BCUT2D eigenvalue weighted by Crippen LogP contribution is -2.45. The second kappa shape index (κ2) is 8.10. The summed E-state index contributed by atoms with van der Waals surface area (Å²) in [6.45, 7) is 3.62. The van der Waals surface area contributed by atoms with Crippen LogP contribution in [0.5, 0.6) is 0 Å². The number of aromatic nitrogens is 3. The first-order valence-electron chi connectivity index (χ1n) is 11.3. The number of nitrogens with one attached hydrogen (secondary N) is 1. The molecule has 2 aliphatic heterocycles. The van der Waals surface area contributed by atoms with Crippen LogP contribution in [0, 0.1) is 11.2 Å². The summed E-state index contributed by atoms with van der Waals surface area (Å²) >= 11 is 0. The fraction of sp³-hybridized carbons (Fsp3) is 0.609. The van der Waals surface area contributed by atoms with Gasteiger partial charge >= 0.3 is 0 Å². The predicted octanol–water partition coefficient (Wildman–Crippen LogP) is 3.32. The molecular formula is C23H30FN5O. The van der Waals surface area contributed by atoms with Crippen LogP contribution in [0.4, 0.5) is 4.39 Å². The number of piperidine rings is 1. The number of amides is 1. The van der Waals surface area contributed by atoms with Gasteiger partial charge in [0.2, 0.25) is 5.82 Å². The van der Waals surface area contributed by atoms with Gasteiger partial charge in [-0.1, -0.05) is 25.0 Å². The molecule has 1 aromatic heterocycles. The highest BCUT2D eigenvalue weighted by atomic mass is 19.1. The molecule has 1 amide bonds. The van der Waals surface area contributed by atoms with E-state index in [0.29, 0.717) is 5.82 Å². The molecule has 0 bridgehead atoms. The summed E-state index contributed by atoms with van der Waals surface area (Å²) in [5.41, 5.74) is 1.23. The number of hydrogen-bond acceptors (Lipinski definition) is 4. The molecule has 30 heavy (non-hydrogen) atoms. The van der Waals surface area contributed by atoms with E-state index < -0.39 is 0 Å². The Hall–Kier alpha value is -2.28. The van der Waals surface area contributed by atoms with Crippen LogP contribution in [0.2, 0.25) is 0 Å². The summed E-state index contributed by atoms with van der Waals surface area (Å²) < 4.78 is 15.6. The van der Waals surface area contributed by atoms with Crippen LogP contribution in [0.1, 0.15) is 67.0 Å². The van der Waals surface area contributed by atoms with Gasteiger partial charge in [0.1, 0.15) is 11.6 Å². The number of nitrogens with zero attached hydrogens (tertiary/aromatic N) is 4. The molecule has 5 rings (SSSR count). The van der Waals surface area contributed by atoms with Crippen molar-refractivity contribution in [1.82, 2.24) is 25.0 Å². The van der Waals surface area contributed by atoms with Crippen LogP contribution in [-0.2, 0) is 19.5 Å². The van der Waals surface area contributed by atoms with Gasteiger partial charge in [-0.2, -0.15) is 0 Å². The minimum absolute atomic E-state index is 0.0683. The maximum atomic E-state index is 13.5. The van der Waals surface area contributed by atoms with Gasteiger partial charge in [0.05, 0.1) is 0 Å². The molecule has 0 atom stereocenters. The van der Waals surface area contributed by atoms with Gasteiger partial charge in [-0.3, -0.25) is 9.69 Å². The van der Waals surface area contributed by atoms with Gasteiger partial charge in [0.15, 0.2) is 0 Å². The quantitative estimate of drug-likeness (QED) is 0.838. The van der Waals surface area contributed by atoms with Crippen molar-refractivity contribution in [2.24, 2.45) is 5.41 Å². The number of carbonyl (C=O) groups is 1. The number of benzene rings is 1. The lowest BCUT2D eigenvalue weighted by atomic mass is 9.73. The number of aryl methyl sites for hydroxylation is 1. The van der Waals surface area contributed by atoms with E-state index in [1.54, 1.807) is 12.1 Å². The largest absolute Gasteiger partial charge is 0.347 e. The molecule has 2 aromatic rings. The summed E-state index contributed by atoms with van der Waals surface area (Å²) in [7, 11) is 0. The van der Waals surface area contributed by atoms with E-state index in [1.807, 2.05) is 6.07 Å². The summed E-state index contributed by atoms with van der Waals surface area (Å²) in [6.07, 6.45) is 8.68. The molecule has 1 aromatic carbocycles. The molecule has 6 nitrogen and oxygen atoms in total. The second-order valence-electron chi connectivity index (χ2n) is 9.39. The van der Waals surface area contributed by atoms with E-state index in [-0.39, 0.29) is 23.2 Å². The molecule has 1 spiro atoms. The fourth-order valence-corrected chi connectivity index (χ4v) is 5.45. The zero-order chi connectivity index (χ0) is 20.6. The minimum Gasteiger partial charge on any atom is -0.347 e. The van der Waals surface area contributed by atoms with Gasteiger partial charge in [-0.25, -0.2) is 4.39 Å². The Morgan fingerprint density at radius 2 is 1.97 bits per heavy atom. The number of fused-ring (bicyclic) bond motifs is 1. The van der Waals surface area contributed by atoms with Crippen molar-refractivity contribution < 1.29 is 9.18 Å². The highest BCUT2D eigenvalue weighted by Gasteiger charge is 2.40. The van der Waals surface area contributed by atoms with Crippen molar-refractivity contribution in [3.8, 4) is 0 Å². The smallest absolute Gasteiger partial charge is 0.289 e. The topological polar surface area (TPSA) is 63.1 Å². The molecule has 1 N–H and O–H groups in total. The number of rotatable bonds is 4. The molecule has 3 aliphatic rings. The van der Waals surface area contributed by atoms with E-state index in [1.165, 1.54) is 18.9 Å². The van der Waals surface area contributed by atoms with E-state index in [0.717, 1.165) is 76.1 Å². The molecule has 1 aliphatic carbocycles. The van der Waals surface area contributed by atoms with Crippen LogP contribution in [0.15, 0.2) is 24.3 Å². The van der Waals surface area contributed by atoms with Gasteiger partial charge in [0, 0.05) is 25.6 Å². The van der Waals surface area contributed by atoms with Gasteiger partial charge < -0.3 is 9.88 Å². The van der Waals surface area contributed by atoms with Crippen LogP contribution in [-0.4, -0.2) is 44.7 Å². The number of carbonyl (C=O) groups excluding carboxylic acids is 1. The van der Waals surface area contributed by atoms with Crippen LogP contribution < -0.4 is 5.32 Å². The Kier molecular flexibility index (Phi) is 5.31. The molecular weight excluding hydrogens is 381 g/mol. The highest BCUT2D eigenvalue weighted by Crippen LogP contribution is 2.41. The third-order valence-electron chi connectivity index (χ3n) is 7.31. The third kappa shape index (κ3) is 4.00. The molecule has 7 heteroatoms.